The summed E-state index contributed by atoms with van der Waals surface area (Å²) in [7, 11) is 1.59. The Hall–Kier alpha value is -2.58. The number of fused-ring (bicyclic) bond motifs is 1. The number of carbonyl (C=O) groups excluding carboxylic acids is 3. The number of benzene rings is 1. The summed E-state index contributed by atoms with van der Waals surface area (Å²) in [4.78, 5) is 40.3. The van der Waals surface area contributed by atoms with Crippen LogP contribution in [-0.2, 0) is 23.9 Å². The summed E-state index contributed by atoms with van der Waals surface area (Å²) in [5.41, 5.74) is 6.49. The van der Waals surface area contributed by atoms with Crippen LogP contribution in [0.5, 0.6) is 0 Å². The fraction of sp³-hybridized carbons (Fsp3) is 0.435. The minimum absolute atomic E-state index is 0.135. The van der Waals surface area contributed by atoms with Crippen molar-refractivity contribution in [2.24, 2.45) is 5.73 Å². The Bertz CT molecular complexity index is 963. The number of primary amides is 1. The first-order valence-corrected chi connectivity index (χ1v) is 11.2. The fourth-order valence-electron chi connectivity index (χ4n) is 4.14. The highest BCUT2D eigenvalue weighted by Crippen LogP contribution is 2.44. The number of thioether (sulfide) groups is 1. The number of methoxy groups -OCH3 is 1. The number of nitrogens with two attached hydrogens (primary N) is 1. The molecule has 1 aliphatic heterocycles. The van der Waals surface area contributed by atoms with Crippen molar-refractivity contribution in [3.63, 3.8) is 0 Å². The van der Waals surface area contributed by atoms with E-state index in [0.29, 0.717) is 24.1 Å². The molecule has 2 aliphatic rings. The zero-order valence-corrected chi connectivity index (χ0v) is 19.2. The molecule has 0 spiro atoms. The van der Waals surface area contributed by atoms with E-state index in [9.17, 15) is 14.4 Å². The maximum absolute atomic E-state index is 13.6. The van der Waals surface area contributed by atoms with E-state index in [4.69, 9.17) is 15.2 Å². The van der Waals surface area contributed by atoms with Crippen LogP contribution in [0.4, 0.5) is 5.69 Å². The largest absolute Gasteiger partial charge is 0.501 e. The summed E-state index contributed by atoms with van der Waals surface area (Å²) in [6.45, 7) is 5.00. The summed E-state index contributed by atoms with van der Waals surface area (Å²) < 4.78 is 10.4. The summed E-state index contributed by atoms with van der Waals surface area (Å²) in [6, 6.07) is 6.34. The number of hydrogen-bond acceptors (Lipinski definition) is 6. The van der Waals surface area contributed by atoms with Crippen LogP contribution in [0.2, 0.25) is 0 Å². The number of esters is 1. The molecule has 1 aromatic carbocycles. The van der Waals surface area contributed by atoms with Crippen molar-refractivity contribution < 1.29 is 23.9 Å². The van der Waals surface area contributed by atoms with E-state index in [-0.39, 0.29) is 18.2 Å². The Morgan fingerprint density at radius 3 is 2.48 bits per heavy atom. The average molecular weight is 446 g/mol. The third kappa shape index (κ3) is 4.70. The van der Waals surface area contributed by atoms with Gasteiger partial charge >= 0.3 is 11.9 Å². The molecule has 0 saturated heterocycles. The molecule has 1 aromatic rings. The van der Waals surface area contributed by atoms with Gasteiger partial charge in [-0.2, -0.15) is 0 Å². The number of para-hydroxylation sites is 1. The van der Waals surface area contributed by atoms with Crippen molar-refractivity contribution in [2.45, 2.75) is 50.2 Å². The number of carbonyl (C=O) groups is 3. The Labute approximate surface area is 186 Å². The molecule has 166 valence electrons. The van der Waals surface area contributed by atoms with Crippen LogP contribution in [0.25, 0.3) is 0 Å². The Morgan fingerprint density at radius 2 is 1.90 bits per heavy atom. The minimum Gasteiger partial charge on any atom is -0.501 e. The van der Waals surface area contributed by atoms with E-state index < -0.39 is 28.0 Å². The number of nitrogens with zero attached hydrogens (tertiary/aromatic N) is 1. The first-order valence-electron chi connectivity index (χ1n) is 10.2. The van der Waals surface area contributed by atoms with E-state index in [2.05, 4.69) is 0 Å². The van der Waals surface area contributed by atoms with Crippen molar-refractivity contribution >= 4 is 35.2 Å². The molecule has 2 N–H and O–H groups in total. The third-order valence-electron chi connectivity index (χ3n) is 5.36. The van der Waals surface area contributed by atoms with Gasteiger partial charge in [-0.25, -0.2) is 14.1 Å². The second kappa shape index (κ2) is 8.88. The Morgan fingerprint density at radius 1 is 1.19 bits per heavy atom. The summed E-state index contributed by atoms with van der Waals surface area (Å²) in [5.74, 6) is -0.541. The summed E-state index contributed by atoms with van der Waals surface area (Å²) >= 11 is 1.40. The molecular weight excluding hydrogens is 416 g/mol. The monoisotopic (exact) mass is 445 g/mol. The van der Waals surface area contributed by atoms with Crippen molar-refractivity contribution in [3.8, 4) is 0 Å². The molecule has 3 rings (SSSR count). The second-order valence-electron chi connectivity index (χ2n) is 8.65. The molecule has 0 aromatic heterocycles. The normalized spacial score (nSPS) is 22.0. The van der Waals surface area contributed by atoms with E-state index in [1.165, 1.54) is 11.8 Å². The van der Waals surface area contributed by atoms with Crippen molar-refractivity contribution in [1.82, 2.24) is 4.48 Å². The highest BCUT2D eigenvalue weighted by Gasteiger charge is 2.55. The van der Waals surface area contributed by atoms with Crippen LogP contribution in [0.3, 0.4) is 0 Å². The second-order valence-corrected chi connectivity index (χ2v) is 9.66. The zero-order chi connectivity index (χ0) is 22.8. The van der Waals surface area contributed by atoms with Crippen LogP contribution >= 0.6 is 11.8 Å². The van der Waals surface area contributed by atoms with Crippen molar-refractivity contribution in [1.29, 1.82) is 0 Å². The van der Waals surface area contributed by atoms with Gasteiger partial charge in [0.1, 0.15) is 11.4 Å². The Balaban J connectivity index is 2.19. The van der Waals surface area contributed by atoms with Gasteiger partial charge in [-0.1, -0.05) is 18.2 Å². The molecular formula is C23H29N2O5S+. The third-order valence-corrected chi connectivity index (χ3v) is 6.40. The minimum atomic E-state index is -1.02. The van der Waals surface area contributed by atoms with E-state index >= 15 is 0 Å². The topological polar surface area (TPSA) is 95.7 Å². The van der Waals surface area contributed by atoms with Crippen LogP contribution in [0.15, 0.2) is 52.6 Å². The van der Waals surface area contributed by atoms with Crippen molar-refractivity contribution in [2.75, 3.05) is 19.4 Å². The predicted octanol–water partition coefficient (Wildman–Crippen LogP) is 3.07. The number of rotatable bonds is 6. The lowest BCUT2D eigenvalue weighted by Gasteiger charge is -2.43. The first-order chi connectivity index (χ1) is 14.6. The highest BCUT2D eigenvalue weighted by atomic mass is 32.2. The van der Waals surface area contributed by atoms with Gasteiger partial charge in [0.15, 0.2) is 12.2 Å². The first kappa shape index (κ1) is 23.1. The molecule has 0 bridgehead atoms. The van der Waals surface area contributed by atoms with Gasteiger partial charge in [0.2, 0.25) is 6.04 Å². The number of allylic oxidation sites excluding steroid dienone is 3. The van der Waals surface area contributed by atoms with Gasteiger partial charge in [0, 0.05) is 12.5 Å². The lowest BCUT2D eigenvalue weighted by molar-refractivity contribution is -0.159. The lowest BCUT2D eigenvalue weighted by Crippen LogP contribution is -2.69. The van der Waals surface area contributed by atoms with Crippen LogP contribution in [-0.4, -0.2) is 48.8 Å². The average Bonchev–Trinajstić information content (AvgIpc) is 2.70. The molecule has 1 aliphatic carbocycles. The van der Waals surface area contributed by atoms with Crippen LogP contribution in [0, 0.1) is 0 Å². The standard InChI is InChI=1S/C23H28N2O5S/c1-23(2,3)30-20(27)13-25(17-7-5-6-8-18(17)31-14-19(25)26)21(22(24)28)15-9-11-16(29-4)12-10-15/h5-9,11,21H,10,12-14H2,1-4H3,(H-,24,28)/p+1. The van der Waals surface area contributed by atoms with E-state index in [1.54, 1.807) is 52.2 Å². The number of ether oxygens (including phenoxy) is 2. The molecule has 1 heterocycles. The number of quaternary nitrogens is 1. The molecule has 2 amide bonds. The maximum atomic E-state index is 13.6. The molecule has 8 heteroatoms. The summed E-state index contributed by atoms with van der Waals surface area (Å²) in [5, 5.41) is 0. The predicted molar refractivity (Wildman–Crippen MR) is 120 cm³/mol. The van der Waals surface area contributed by atoms with Gasteiger partial charge < -0.3 is 15.2 Å². The highest BCUT2D eigenvalue weighted by molar-refractivity contribution is 8.00. The van der Waals surface area contributed by atoms with Crippen LogP contribution in [0.1, 0.15) is 33.6 Å². The van der Waals surface area contributed by atoms with Gasteiger partial charge in [0.25, 0.3) is 5.91 Å². The van der Waals surface area contributed by atoms with Crippen molar-refractivity contribution in [3.05, 3.63) is 47.7 Å². The number of hydrogen-bond donors (Lipinski definition) is 1. The quantitative estimate of drug-likeness (QED) is 0.534. The molecule has 31 heavy (non-hydrogen) atoms. The Kier molecular flexibility index (Phi) is 6.62. The smallest absolute Gasteiger partial charge is 0.363 e. The van der Waals surface area contributed by atoms with E-state index in [0.717, 1.165) is 10.7 Å². The van der Waals surface area contributed by atoms with Gasteiger partial charge in [-0.3, -0.25) is 4.79 Å². The maximum Gasteiger partial charge on any atom is 0.363 e. The summed E-state index contributed by atoms with van der Waals surface area (Å²) in [6.07, 6.45) is 4.66. The fourth-order valence-corrected chi connectivity index (χ4v) is 5.20. The molecule has 0 fully saturated rings. The molecule has 0 saturated carbocycles. The molecule has 2 atom stereocenters. The lowest BCUT2D eigenvalue weighted by atomic mass is 9.92. The van der Waals surface area contributed by atoms with Crippen LogP contribution < -0.4 is 10.2 Å². The number of amides is 2. The zero-order valence-electron chi connectivity index (χ0n) is 18.3. The molecule has 0 radical (unpaired) electrons. The SMILES string of the molecule is COC1=CC=C(C(C(N)=O)[N+]2(CC(=O)OC(C)(C)C)C(=O)CSc3ccccc32)CC1. The molecule has 2 unspecified atom stereocenters. The van der Waals surface area contributed by atoms with Gasteiger partial charge in [-0.05, 0) is 44.9 Å². The van der Waals surface area contributed by atoms with E-state index in [1.807, 2.05) is 12.1 Å². The van der Waals surface area contributed by atoms with Gasteiger partial charge in [0.05, 0.1) is 17.8 Å². The molecule has 7 nitrogen and oxygen atoms in total. The van der Waals surface area contributed by atoms with Gasteiger partial charge in [-0.15, -0.1) is 11.8 Å².